The molecule has 4 rings (SSSR count). The molecule has 1 amide bonds. The molecule has 0 radical (unpaired) electrons. The normalized spacial score (nSPS) is 21.9. The minimum atomic E-state index is -3.26. The second kappa shape index (κ2) is 6.01. The Hall–Kier alpha value is -2.49. The van der Waals surface area contributed by atoms with E-state index in [-0.39, 0.29) is 16.9 Å². The van der Waals surface area contributed by atoms with Gasteiger partial charge < -0.3 is 14.5 Å². The number of halogens is 3. The number of carbonyl (C=O) groups is 1. The number of nitrogens with one attached hydrogen (secondary N) is 1. The number of fused-ring (bicyclic) bond motifs is 3. The maximum absolute atomic E-state index is 14.5. The number of amides is 1. The van der Waals surface area contributed by atoms with Crippen LogP contribution in [0.3, 0.4) is 0 Å². The van der Waals surface area contributed by atoms with Crippen molar-refractivity contribution < 1.29 is 23.1 Å². The van der Waals surface area contributed by atoms with Gasteiger partial charge in [0.1, 0.15) is 22.5 Å². The quantitative estimate of drug-likeness (QED) is 0.538. The van der Waals surface area contributed by atoms with E-state index >= 15 is 0 Å². The third-order valence-corrected chi connectivity index (χ3v) is 6.01. The highest BCUT2D eigenvalue weighted by Gasteiger charge is 2.64. The summed E-state index contributed by atoms with van der Waals surface area (Å²) >= 11 is 3.35. The Bertz CT molecular complexity index is 1210. The molecule has 3 heterocycles. The van der Waals surface area contributed by atoms with Crippen LogP contribution >= 0.6 is 15.9 Å². The number of rotatable bonds is 1. The molecule has 1 aliphatic heterocycles. The van der Waals surface area contributed by atoms with Crippen LogP contribution in [0, 0.1) is 5.41 Å². The molecule has 0 spiro atoms. The van der Waals surface area contributed by atoms with Gasteiger partial charge in [-0.2, -0.15) is 0 Å². The largest absolute Gasteiger partial charge is 0.465 e. The molecule has 1 saturated heterocycles. The summed E-state index contributed by atoms with van der Waals surface area (Å²) in [6.07, 6.45) is -2.29. The molecule has 7 nitrogen and oxygen atoms in total. The molecule has 2 N–H and O–H groups in total. The van der Waals surface area contributed by atoms with E-state index in [1.165, 1.54) is 0 Å². The molecule has 1 aromatic carbocycles. The van der Waals surface area contributed by atoms with E-state index in [0.29, 0.717) is 15.9 Å². The van der Waals surface area contributed by atoms with Gasteiger partial charge in [0.05, 0.1) is 6.54 Å². The highest BCUT2D eigenvalue weighted by atomic mass is 79.9. The lowest BCUT2D eigenvalue weighted by atomic mass is 9.70. The van der Waals surface area contributed by atoms with E-state index in [2.05, 4.69) is 25.9 Å². The zero-order chi connectivity index (χ0) is 21.4. The minimum Gasteiger partial charge on any atom is -0.465 e. The molecule has 1 unspecified atom stereocenters. The average molecular weight is 470 g/mol. The summed E-state index contributed by atoms with van der Waals surface area (Å²) in [7, 11) is 0. The van der Waals surface area contributed by atoms with Gasteiger partial charge in [-0.1, -0.05) is 36.7 Å². The lowest BCUT2D eigenvalue weighted by Gasteiger charge is -2.45. The molecule has 0 bridgehead atoms. The molecule has 1 atom stereocenters. The second-order valence-corrected chi connectivity index (χ2v) is 9.26. The number of aromatic nitrogens is 2. The van der Waals surface area contributed by atoms with Gasteiger partial charge in [0, 0.05) is 16.3 Å². The van der Waals surface area contributed by atoms with Gasteiger partial charge in [0.25, 0.3) is 11.5 Å². The number of hydrogen-bond acceptors (Lipinski definition) is 4. The number of aromatic amines is 1. The molecular weight excluding hydrogens is 452 g/mol. The van der Waals surface area contributed by atoms with E-state index in [4.69, 9.17) is 4.42 Å². The fraction of sp³-hybridized carbons (Fsp3) is 0.421. The van der Waals surface area contributed by atoms with Crippen molar-refractivity contribution in [1.82, 2.24) is 14.9 Å². The molecule has 3 aromatic rings. The van der Waals surface area contributed by atoms with Crippen LogP contribution in [-0.2, 0) is 5.54 Å². The standard InChI is InChI=1S/C19H18BrF2N3O4/c1-17(2,3)19(7-18(21,22)8-25(19)16(27)28)15-23-12-10-6-9(20)4-5-11(10)29-13(12)14(26)24-15/h4-6H,7-8H2,1-3H3,(H,27,28)(H,23,24,26). The zero-order valence-corrected chi connectivity index (χ0v) is 17.4. The van der Waals surface area contributed by atoms with Crippen molar-refractivity contribution in [3.05, 3.63) is 38.9 Å². The topological polar surface area (TPSA) is 99.4 Å². The van der Waals surface area contributed by atoms with Crippen LogP contribution in [0.1, 0.15) is 33.0 Å². The predicted octanol–water partition coefficient (Wildman–Crippen LogP) is 4.69. The number of likely N-dealkylation sites (tertiary alicyclic amines) is 1. The third kappa shape index (κ3) is 2.84. The maximum Gasteiger partial charge on any atom is 0.408 e. The molecule has 0 aliphatic carbocycles. The number of furan rings is 1. The fourth-order valence-corrected chi connectivity index (χ4v) is 4.54. The highest BCUT2D eigenvalue weighted by Crippen LogP contribution is 2.54. The van der Waals surface area contributed by atoms with Crippen LogP contribution in [0.25, 0.3) is 22.1 Å². The molecule has 2 aromatic heterocycles. The summed E-state index contributed by atoms with van der Waals surface area (Å²) in [5.74, 6) is -3.38. The van der Waals surface area contributed by atoms with Crippen LogP contribution in [0.5, 0.6) is 0 Å². The summed E-state index contributed by atoms with van der Waals surface area (Å²) in [4.78, 5) is 32.4. The number of nitrogens with zero attached hydrogens (tertiary/aromatic N) is 2. The average Bonchev–Trinajstić information content (AvgIpc) is 3.10. The van der Waals surface area contributed by atoms with Crippen molar-refractivity contribution in [2.24, 2.45) is 5.41 Å². The lowest BCUT2D eigenvalue weighted by molar-refractivity contribution is 0.000543. The maximum atomic E-state index is 14.5. The van der Waals surface area contributed by atoms with E-state index in [9.17, 15) is 23.5 Å². The molecule has 10 heteroatoms. The van der Waals surface area contributed by atoms with E-state index in [0.717, 1.165) is 4.47 Å². The monoisotopic (exact) mass is 469 g/mol. The third-order valence-electron chi connectivity index (χ3n) is 5.51. The molecule has 1 fully saturated rings. The smallest absolute Gasteiger partial charge is 0.408 e. The van der Waals surface area contributed by atoms with Crippen molar-refractivity contribution >= 4 is 44.1 Å². The number of hydrogen-bond donors (Lipinski definition) is 2. The van der Waals surface area contributed by atoms with Gasteiger partial charge in [-0.25, -0.2) is 18.6 Å². The molecule has 29 heavy (non-hydrogen) atoms. The van der Waals surface area contributed by atoms with E-state index in [1.54, 1.807) is 39.0 Å². The van der Waals surface area contributed by atoms with Crippen molar-refractivity contribution in [3.8, 4) is 0 Å². The summed E-state index contributed by atoms with van der Waals surface area (Å²) in [6.45, 7) is 3.98. The summed E-state index contributed by atoms with van der Waals surface area (Å²) in [5.41, 5.74) is -2.81. The van der Waals surface area contributed by atoms with Crippen LogP contribution in [-0.4, -0.2) is 38.5 Å². The Kier molecular flexibility index (Phi) is 4.10. The first kappa shape index (κ1) is 19.8. The van der Waals surface area contributed by atoms with Crippen molar-refractivity contribution in [1.29, 1.82) is 0 Å². The molecular formula is C19H18BrF2N3O4. The Morgan fingerprint density at radius 2 is 2.07 bits per heavy atom. The highest BCUT2D eigenvalue weighted by molar-refractivity contribution is 9.10. The Morgan fingerprint density at radius 1 is 1.38 bits per heavy atom. The van der Waals surface area contributed by atoms with Crippen molar-refractivity contribution in [2.45, 2.75) is 38.7 Å². The number of alkyl halides is 2. The minimum absolute atomic E-state index is 0.0439. The van der Waals surface area contributed by atoms with Gasteiger partial charge in [0.2, 0.25) is 5.58 Å². The van der Waals surface area contributed by atoms with Crippen molar-refractivity contribution in [3.63, 3.8) is 0 Å². The fourth-order valence-electron chi connectivity index (χ4n) is 4.18. The van der Waals surface area contributed by atoms with Crippen molar-refractivity contribution in [2.75, 3.05) is 6.54 Å². The number of benzene rings is 1. The van der Waals surface area contributed by atoms with Crippen LogP contribution < -0.4 is 5.56 Å². The van der Waals surface area contributed by atoms with Gasteiger partial charge in [-0.15, -0.1) is 0 Å². The van der Waals surface area contributed by atoms with Gasteiger partial charge in [-0.05, 0) is 23.6 Å². The second-order valence-electron chi connectivity index (χ2n) is 8.35. The van der Waals surface area contributed by atoms with Gasteiger partial charge in [-0.3, -0.25) is 9.69 Å². The Labute approximate surface area is 171 Å². The SMILES string of the molecule is CC(C)(C)C1(c2nc3c(oc4ccc(Br)cc43)c(=O)[nH]2)CC(F)(F)CN1C(=O)O. The first-order valence-corrected chi connectivity index (χ1v) is 9.66. The summed E-state index contributed by atoms with van der Waals surface area (Å²) in [5, 5.41) is 10.2. The number of carboxylic acid groups (broad SMARTS) is 1. The molecule has 154 valence electrons. The van der Waals surface area contributed by atoms with Crippen LogP contribution in [0.15, 0.2) is 31.9 Å². The van der Waals surface area contributed by atoms with E-state index in [1.807, 2.05) is 0 Å². The van der Waals surface area contributed by atoms with E-state index < -0.39 is 41.5 Å². The molecule has 1 aliphatic rings. The summed E-state index contributed by atoms with van der Waals surface area (Å²) in [6, 6.07) is 5.10. The predicted molar refractivity (Wildman–Crippen MR) is 105 cm³/mol. The first-order chi connectivity index (χ1) is 13.4. The Balaban J connectivity index is 2.09. The first-order valence-electron chi connectivity index (χ1n) is 8.87. The molecule has 0 saturated carbocycles. The zero-order valence-electron chi connectivity index (χ0n) is 15.8. The van der Waals surface area contributed by atoms with Gasteiger partial charge >= 0.3 is 6.09 Å². The van der Waals surface area contributed by atoms with Gasteiger partial charge in [0.15, 0.2) is 0 Å². The Morgan fingerprint density at radius 3 is 2.69 bits per heavy atom. The summed E-state index contributed by atoms with van der Waals surface area (Å²) < 4.78 is 35.3. The lowest BCUT2D eigenvalue weighted by Crippen LogP contribution is -2.54. The number of H-pyrrole nitrogens is 1. The van der Waals surface area contributed by atoms with Crippen LogP contribution in [0.4, 0.5) is 13.6 Å². The van der Waals surface area contributed by atoms with Crippen LogP contribution in [0.2, 0.25) is 0 Å².